The zero-order valence-corrected chi connectivity index (χ0v) is 13.2. The number of hydrogen-bond donors (Lipinski definition) is 1. The van der Waals surface area contributed by atoms with Gasteiger partial charge in [-0.2, -0.15) is 0 Å². The van der Waals surface area contributed by atoms with E-state index in [9.17, 15) is 4.79 Å². The number of nitrogens with one attached hydrogen (secondary N) is 1. The van der Waals surface area contributed by atoms with Gasteiger partial charge in [0.15, 0.2) is 5.82 Å². The van der Waals surface area contributed by atoms with Crippen molar-refractivity contribution >= 4 is 11.9 Å². The standard InChI is InChI=1S/C16H19N5O2/c1-3-12-8-14(18-13-9-21(10-13)16(22)23-2)20-15(19-12)11-4-6-17-7-5-11/h4-8,13H,3,9-10H2,1-2H3,(H,18,19,20). The van der Waals surface area contributed by atoms with Crippen molar-refractivity contribution in [1.82, 2.24) is 19.9 Å². The maximum atomic E-state index is 11.4. The summed E-state index contributed by atoms with van der Waals surface area (Å²) < 4.78 is 4.69. The summed E-state index contributed by atoms with van der Waals surface area (Å²) in [5, 5.41) is 3.36. The van der Waals surface area contributed by atoms with Crippen LogP contribution in [0.5, 0.6) is 0 Å². The number of pyridine rings is 1. The molecule has 0 saturated carbocycles. The minimum Gasteiger partial charge on any atom is -0.453 e. The molecule has 23 heavy (non-hydrogen) atoms. The van der Waals surface area contributed by atoms with E-state index in [4.69, 9.17) is 4.74 Å². The average Bonchev–Trinajstić information content (AvgIpc) is 2.57. The lowest BCUT2D eigenvalue weighted by Crippen LogP contribution is -2.57. The molecule has 3 heterocycles. The first kappa shape index (κ1) is 15.2. The molecule has 0 bridgehead atoms. The molecule has 1 fully saturated rings. The third-order valence-corrected chi connectivity index (χ3v) is 3.75. The highest BCUT2D eigenvalue weighted by atomic mass is 16.5. The fourth-order valence-corrected chi connectivity index (χ4v) is 2.44. The van der Waals surface area contributed by atoms with E-state index in [2.05, 4.69) is 27.2 Å². The first-order valence-electron chi connectivity index (χ1n) is 7.57. The van der Waals surface area contributed by atoms with Gasteiger partial charge in [0.2, 0.25) is 0 Å². The van der Waals surface area contributed by atoms with Crippen molar-refractivity contribution in [3.8, 4) is 11.4 Å². The molecule has 1 aliphatic heterocycles. The number of aromatic nitrogens is 3. The van der Waals surface area contributed by atoms with Crippen LogP contribution in [0.4, 0.5) is 10.6 Å². The lowest BCUT2D eigenvalue weighted by molar-refractivity contribution is 0.0929. The molecule has 7 heteroatoms. The van der Waals surface area contributed by atoms with Gasteiger partial charge in [-0.05, 0) is 18.6 Å². The van der Waals surface area contributed by atoms with E-state index in [1.54, 1.807) is 17.3 Å². The molecule has 3 rings (SSSR count). The van der Waals surface area contributed by atoms with Crippen molar-refractivity contribution in [2.75, 3.05) is 25.5 Å². The van der Waals surface area contributed by atoms with Gasteiger partial charge in [-0.25, -0.2) is 14.8 Å². The number of rotatable bonds is 4. The summed E-state index contributed by atoms with van der Waals surface area (Å²) in [6.07, 6.45) is 3.99. The Labute approximate surface area is 134 Å². The van der Waals surface area contributed by atoms with Crippen LogP contribution in [-0.2, 0) is 11.2 Å². The maximum Gasteiger partial charge on any atom is 0.409 e. The van der Waals surface area contributed by atoms with Gasteiger partial charge < -0.3 is 15.0 Å². The van der Waals surface area contributed by atoms with Gasteiger partial charge in [0.25, 0.3) is 0 Å². The van der Waals surface area contributed by atoms with Crippen molar-refractivity contribution in [3.05, 3.63) is 36.3 Å². The normalized spacial score (nSPS) is 14.3. The second kappa shape index (κ2) is 6.60. The first-order chi connectivity index (χ1) is 11.2. The summed E-state index contributed by atoms with van der Waals surface area (Å²) in [5.74, 6) is 1.46. The second-order valence-corrected chi connectivity index (χ2v) is 5.37. The minimum absolute atomic E-state index is 0.180. The molecule has 0 aliphatic carbocycles. The summed E-state index contributed by atoms with van der Waals surface area (Å²) >= 11 is 0. The molecule has 7 nitrogen and oxygen atoms in total. The topological polar surface area (TPSA) is 80.2 Å². The zero-order chi connectivity index (χ0) is 16.2. The minimum atomic E-state index is -0.294. The zero-order valence-electron chi connectivity index (χ0n) is 13.2. The lowest BCUT2D eigenvalue weighted by Gasteiger charge is -2.38. The molecule has 1 N–H and O–H groups in total. The summed E-state index contributed by atoms with van der Waals surface area (Å²) in [4.78, 5) is 26.2. The van der Waals surface area contributed by atoms with Crippen LogP contribution < -0.4 is 5.32 Å². The van der Waals surface area contributed by atoms with Gasteiger partial charge >= 0.3 is 6.09 Å². The summed E-state index contributed by atoms with van der Waals surface area (Å²) in [7, 11) is 1.39. The Morgan fingerprint density at radius 2 is 2.09 bits per heavy atom. The Morgan fingerprint density at radius 1 is 1.35 bits per heavy atom. The predicted molar refractivity (Wildman–Crippen MR) is 86.0 cm³/mol. The van der Waals surface area contributed by atoms with Crippen molar-refractivity contribution in [1.29, 1.82) is 0 Å². The van der Waals surface area contributed by atoms with Gasteiger partial charge in [0, 0.05) is 42.8 Å². The van der Waals surface area contributed by atoms with Crippen LogP contribution in [0, 0.1) is 0 Å². The lowest BCUT2D eigenvalue weighted by atomic mass is 10.1. The summed E-state index contributed by atoms with van der Waals surface area (Å²) in [6.45, 7) is 3.29. The molecule has 1 aliphatic rings. The quantitative estimate of drug-likeness (QED) is 0.929. The Kier molecular flexibility index (Phi) is 4.36. The molecule has 2 aromatic heterocycles. The van der Waals surface area contributed by atoms with Crippen LogP contribution in [0.2, 0.25) is 0 Å². The summed E-state index contributed by atoms with van der Waals surface area (Å²) in [6, 6.07) is 5.91. The van der Waals surface area contributed by atoms with Crippen LogP contribution in [0.25, 0.3) is 11.4 Å². The van der Waals surface area contributed by atoms with E-state index in [-0.39, 0.29) is 12.1 Å². The fraction of sp³-hybridized carbons (Fsp3) is 0.375. The van der Waals surface area contributed by atoms with Crippen LogP contribution in [0.15, 0.2) is 30.6 Å². The predicted octanol–water partition coefficient (Wildman–Crippen LogP) is 1.96. The molecule has 1 amide bonds. The molecule has 0 atom stereocenters. The van der Waals surface area contributed by atoms with E-state index in [1.165, 1.54) is 7.11 Å². The number of amides is 1. The Bertz CT molecular complexity index is 686. The van der Waals surface area contributed by atoms with Crippen molar-refractivity contribution in [2.24, 2.45) is 0 Å². The monoisotopic (exact) mass is 313 g/mol. The molecule has 0 aromatic carbocycles. The molecule has 1 saturated heterocycles. The van der Waals surface area contributed by atoms with Gasteiger partial charge in [0.05, 0.1) is 13.2 Å². The number of methoxy groups -OCH3 is 1. The number of nitrogens with zero attached hydrogens (tertiary/aromatic N) is 4. The number of carbonyl (C=O) groups is 1. The SMILES string of the molecule is CCc1cc(NC2CN(C(=O)OC)C2)nc(-c2ccncc2)n1. The average molecular weight is 313 g/mol. The number of anilines is 1. The highest BCUT2D eigenvalue weighted by Gasteiger charge is 2.31. The van der Waals surface area contributed by atoms with Gasteiger partial charge in [-0.15, -0.1) is 0 Å². The molecule has 0 spiro atoms. The van der Waals surface area contributed by atoms with E-state index >= 15 is 0 Å². The van der Waals surface area contributed by atoms with Crippen LogP contribution >= 0.6 is 0 Å². The smallest absolute Gasteiger partial charge is 0.409 e. The fourth-order valence-electron chi connectivity index (χ4n) is 2.44. The van der Waals surface area contributed by atoms with Gasteiger partial charge in [-0.3, -0.25) is 4.98 Å². The third kappa shape index (κ3) is 3.39. The van der Waals surface area contributed by atoms with Gasteiger partial charge in [0.1, 0.15) is 5.82 Å². The second-order valence-electron chi connectivity index (χ2n) is 5.37. The number of carbonyl (C=O) groups excluding carboxylic acids is 1. The Morgan fingerprint density at radius 3 is 2.74 bits per heavy atom. The number of likely N-dealkylation sites (tertiary alicyclic amines) is 1. The summed E-state index contributed by atoms with van der Waals surface area (Å²) in [5.41, 5.74) is 1.90. The van der Waals surface area contributed by atoms with E-state index in [0.717, 1.165) is 23.5 Å². The molecule has 0 unspecified atom stereocenters. The molecule has 2 aromatic rings. The molecular formula is C16H19N5O2. The van der Waals surface area contributed by atoms with Crippen molar-refractivity contribution in [2.45, 2.75) is 19.4 Å². The number of aryl methyl sites for hydroxylation is 1. The van der Waals surface area contributed by atoms with E-state index in [0.29, 0.717) is 18.9 Å². The van der Waals surface area contributed by atoms with Crippen LogP contribution in [0.3, 0.4) is 0 Å². The largest absolute Gasteiger partial charge is 0.453 e. The van der Waals surface area contributed by atoms with Crippen LogP contribution in [0.1, 0.15) is 12.6 Å². The Balaban J connectivity index is 1.74. The van der Waals surface area contributed by atoms with E-state index < -0.39 is 0 Å². The van der Waals surface area contributed by atoms with Crippen molar-refractivity contribution < 1.29 is 9.53 Å². The van der Waals surface area contributed by atoms with Gasteiger partial charge in [-0.1, -0.05) is 6.92 Å². The van der Waals surface area contributed by atoms with Crippen molar-refractivity contribution in [3.63, 3.8) is 0 Å². The van der Waals surface area contributed by atoms with Crippen LogP contribution in [-0.4, -0.2) is 52.2 Å². The molecule has 0 radical (unpaired) electrons. The first-order valence-corrected chi connectivity index (χ1v) is 7.57. The van der Waals surface area contributed by atoms with E-state index in [1.807, 2.05) is 18.2 Å². The number of ether oxygens (including phenoxy) is 1. The molecular weight excluding hydrogens is 294 g/mol. The number of hydrogen-bond acceptors (Lipinski definition) is 6. The Hall–Kier alpha value is -2.70. The molecule has 120 valence electrons. The highest BCUT2D eigenvalue weighted by Crippen LogP contribution is 2.20. The maximum absolute atomic E-state index is 11.4. The third-order valence-electron chi connectivity index (χ3n) is 3.75. The highest BCUT2D eigenvalue weighted by molar-refractivity contribution is 5.69.